The van der Waals surface area contributed by atoms with E-state index in [0.717, 1.165) is 6.92 Å². The first kappa shape index (κ1) is 18.8. The summed E-state index contributed by atoms with van der Waals surface area (Å²) in [5.74, 6) is -0.341. The number of nitrogens with one attached hydrogen (secondary N) is 2. The first-order valence-electron chi connectivity index (χ1n) is 7.92. The summed E-state index contributed by atoms with van der Waals surface area (Å²) in [5, 5.41) is 3.32. The first-order valence-corrected chi connectivity index (χ1v) is 10.4. The predicted octanol–water partition coefficient (Wildman–Crippen LogP) is 2.52. The van der Waals surface area contributed by atoms with Crippen LogP contribution in [0.1, 0.15) is 39.0 Å². The summed E-state index contributed by atoms with van der Waals surface area (Å²) in [7, 11) is -3.85. The number of hydrogen-bond acceptors (Lipinski definition) is 5. The van der Waals surface area contributed by atoms with Crippen LogP contribution in [-0.4, -0.2) is 31.2 Å². The molecule has 0 saturated heterocycles. The van der Waals surface area contributed by atoms with Gasteiger partial charge in [0.15, 0.2) is 0 Å². The molecule has 132 valence electrons. The Labute approximate surface area is 146 Å². The van der Waals surface area contributed by atoms with Gasteiger partial charge in [0.25, 0.3) is 10.0 Å². The van der Waals surface area contributed by atoms with E-state index in [1.807, 2.05) is 4.72 Å². The lowest BCUT2D eigenvalue weighted by Gasteiger charge is -2.20. The van der Waals surface area contributed by atoms with Gasteiger partial charge in [0.05, 0.1) is 10.6 Å². The van der Waals surface area contributed by atoms with E-state index in [-0.39, 0.29) is 10.8 Å². The maximum atomic E-state index is 12.0. The zero-order valence-corrected chi connectivity index (χ0v) is 15.2. The summed E-state index contributed by atoms with van der Waals surface area (Å²) in [6.07, 6.45) is 6.12. The van der Waals surface area contributed by atoms with Crippen molar-refractivity contribution in [3.63, 3.8) is 0 Å². The number of anilines is 1. The maximum Gasteiger partial charge on any atom is 0.264 e. The summed E-state index contributed by atoms with van der Waals surface area (Å²) in [6, 6.07) is 5.74. The van der Waals surface area contributed by atoms with Crippen molar-refractivity contribution in [2.24, 2.45) is 0 Å². The molecule has 1 aromatic rings. The van der Waals surface area contributed by atoms with Crippen molar-refractivity contribution in [1.82, 2.24) is 4.72 Å². The molecule has 1 fully saturated rings. The van der Waals surface area contributed by atoms with E-state index >= 15 is 0 Å². The zero-order valence-electron chi connectivity index (χ0n) is 13.6. The normalized spacial score (nSPS) is 15.7. The van der Waals surface area contributed by atoms with Gasteiger partial charge in [-0.2, -0.15) is 0 Å². The van der Waals surface area contributed by atoms with Gasteiger partial charge in [-0.15, -0.1) is 11.8 Å². The topological polar surface area (TPSA) is 92.3 Å². The van der Waals surface area contributed by atoms with Crippen LogP contribution in [0.5, 0.6) is 0 Å². The molecule has 0 atom stereocenters. The number of thioether (sulfide) groups is 1. The number of rotatable bonds is 6. The SMILES string of the molecule is CC(=O)NS(=O)(=O)c1ccc(NC(=O)CSC2CCCCC2)cc1. The molecule has 1 saturated carbocycles. The zero-order chi connectivity index (χ0) is 17.6. The fraction of sp³-hybridized carbons (Fsp3) is 0.500. The van der Waals surface area contributed by atoms with Crippen LogP contribution in [0.2, 0.25) is 0 Å². The van der Waals surface area contributed by atoms with Gasteiger partial charge in [-0.25, -0.2) is 13.1 Å². The smallest absolute Gasteiger partial charge is 0.264 e. The largest absolute Gasteiger partial charge is 0.325 e. The second-order valence-corrected chi connectivity index (χ2v) is 8.78. The molecule has 1 aliphatic carbocycles. The van der Waals surface area contributed by atoms with Crippen molar-refractivity contribution < 1.29 is 18.0 Å². The molecule has 6 nitrogen and oxygen atoms in total. The van der Waals surface area contributed by atoms with Crippen molar-refractivity contribution in [3.8, 4) is 0 Å². The Balaban J connectivity index is 1.86. The summed E-state index contributed by atoms with van der Waals surface area (Å²) in [6.45, 7) is 1.14. The van der Waals surface area contributed by atoms with Crippen LogP contribution < -0.4 is 10.0 Å². The molecule has 2 N–H and O–H groups in total. The van der Waals surface area contributed by atoms with E-state index in [2.05, 4.69) is 5.32 Å². The Morgan fingerprint density at radius 3 is 2.33 bits per heavy atom. The minimum atomic E-state index is -3.85. The first-order chi connectivity index (χ1) is 11.4. The average molecular weight is 370 g/mol. The monoisotopic (exact) mass is 370 g/mol. The van der Waals surface area contributed by atoms with E-state index in [1.54, 1.807) is 11.8 Å². The number of sulfonamides is 1. The quantitative estimate of drug-likeness (QED) is 0.803. The van der Waals surface area contributed by atoms with Gasteiger partial charge in [-0.3, -0.25) is 9.59 Å². The maximum absolute atomic E-state index is 12.0. The molecule has 0 heterocycles. The molecule has 0 aliphatic heterocycles. The molecule has 0 spiro atoms. The average Bonchev–Trinajstić information content (AvgIpc) is 2.53. The lowest BCUT2D eigenvalue weighted by Crippen LogP contribution is -2.28. The second-order valence-electron chi connectivity index (χ2n) is 5.81. The number of carbonyl (C=O) groups excluding carboxylic acids is 2. The van der Waals surface area contributed by atoms with Crippen LogP contribution >= 0.6 is 11.8 Å². The highest BCUT2D eigenvalue weighted by atomic mass is 32.2. The van der Waals surface area contributed by atoms with Gasteiger partial charge in [-0.05, 0) is 37.1 Å². The third-order valence-electron chi connectivity index (χ3n) is 3.73. The highest BCUT2D eigenvalue weighted by Gasteiger charge is 2.17. The minimum absolute atomic E-state index is 0.0210. The highest BCUT2D eigenvalue weighted by Crippen LogP contribution is 2.28. The van der Waals surface area contributed by atoms with Gasteiger partial charge in [0.2, 0.25) is 11.8 Å². The fourth-order valence-corrected chi connectivity index (χ4v) is 4.70. The van der Waals surface area contributed by atoms with Gasteiger partial charge < -0.3 is 5.32 Å². The van der Waals surface area contributed by atoms with E-state index in [0.29, 0.717) is 16.7 Å². The molecule has 1 aliphatic rings. The lowest BCUT2D eigenvalue weighted by atomic mass is 10.0. The number of hydrogen-bond donors (Lipinski definition) is 2. The van der Waals surface area contributed by atoms with E-state index in [9.17, 15) is 18.0 Å². The van der Waals surface area contributed by atoms with E-state index < -0.39 is 15.9 Å². The van der Waals surface area contributed by atoms with Crippen LogP contribution in [0.25, 0.3) is 0 Å². The third kappa shape index (κ3) is 5.83. The molecular weight excluding hydrogens is 348 g/mol. The van der Waals surface area contributed by atoms with Crippen molar-refractivity contribution in [2.75, 3.05) is 11.1 Å². The van der Waals surface area contributed by atoms with Crippen LogP contribution in [0.3, 0.4) is 0 Å². The minimum Gasteiger partial charge on any atom is -0.325 e. The Kier molecular flexibility index (Phi) is 6.68. The molecule has 2 rings (SSSR count). The number of amides is 2. The van der Waals surface area contributed by atoms with Gasteiger partial charge in [0, 0.05) is 17.9 Å². The Morgan fingerprint density at radius 2 is 1.75 bits per heavy atom. The third-order valence-corrected chi connectivity index (χ3v) is 6.55. The van der Waals surface area contributed by atoms with Gasteiger partial charge in [-0.1, -0.05) is 19.3 Å². The lowest BCUT2D eigenvalue weighted by molar-refractivity contribution is -0.117. The Morgan fingerprint density at radius 1 is 1.12 bits per heavy atom. The van der Waals surface area contributed by atoms with Crippen LogP contribution in [0, 0.1) is 0 Å². The van der Waals surface area contributed by atoms with E-state index in [4.69, 9.17) is 0 Å². The summed E-state index contributed by atoms with van der Waals surface area (Å²) < 4.78 is 25.6. The van der Waals surface area contributed by atoms with Gasteiger partial charge >= 0.3 is 0 Å². The number of carbonyl (C=O) groups is 2. The molecule has 8 heteroatoms. The van der Waals surface area contributed by atoms with Crippen LogP contribution in [0.15, 0.2) is 29.2 Å². The second kappa shape index (κ2) is 8.53. The fourth-order valence-electron chi connectivity index (χ4n) is 2.59. The molecular formula is C16H22N2O4S2. The van der Waals surface area contributed by atoms with Gasteiger partial charge in [0.1, 0.15) is 0 Å². The molecule has 2 amide bonds. The van der Waals surface area contributed by atoms with Crippen molar-refractivity contribution >= 4 is 39.3 Å². The molecule has 1 aromatic carbocycles. The van der Waals surface area contributed by atoms with E-state index in [1.165, 1.54) is 56.4 Å². The van der Waals surface area contributed by atoms with Crippen molar-refractivity contribution in [3.05, 3.63) is 24.3 Å². The molecule has 0 aromatic heterocycles. The molecule has 0 bridgehead atoms. The van der Waals surface area contributed by atoms with Crippen LogP contribution in [0.4, 0.5) is 5.69 Å². The molecule has 0 radical (unpaired) electrons. The predicted molar refractivity (Wildman–Crippen MR) is 95.4 cm³/mol. The number of benzene rings is 1. The molecule has 0 unspecified atom stereocenters. The summed E-state index contributed by atoms with van der Waals surface area (Å²) in [5.41, 5.74) is 0.533. The standard InChI is InChI=1S/C16H22N2O4S2/c1-12(19)18-24(21,22)15-9-7-13(8-10-15)17-16(20)11-23-14-5-3-2-4-6-14/h7-10,14H,2-6,11H2,1H3,(H,17,20)(H,18,19). The highest BCUT2D eigenvalue weighted by molar-refractivity contribution is 8.00. The Hall–Kier alpha value is -1.54. The van der Waals surface area contributed by atoms with Crippen LogP contribution in [-0.2, 0) is 19.6 Å². The van der Waals surface area contributed by atoms with Crippen molar-refractivity contribution in [2.45, 2.75) is 49.2 Å². The van der Waals surface area contributed by atoms with Crippen molar-refractivity contribution in [1.29, 1.82) is 0 Å². The summed E-state index contributed by atoms with van der Waals surface area (Å²) in [4.78, 5) is 22.9. The Bertz CT molecular complexity index is 681. The summed E-state index contributed by atoms with van der Waals surface area (Å²) >= 11 is 1.68. The molecule has 24 heavy (non-hydrogen) atoms.